The van der Waals surface area contributed by atoms with Crippen LogP contribution in [0.2, 0.25) is 0 Å². The van der Waals surface area contributed by atoms with Gasteiger partial charge in [-0.25, -0.2) is 8.78 Å². The predicted octanol–water partition coefficient (Wildman–Crippen LogP) is 6.18. The highest BCUT2D eigenvalue weighted by Gasteiger charge is 2.29. The van der Waals surface area contributed by atoms with Gasteiger partial charge in [-0.3, -0.25) is 13.8 Å². The largest absolute Gasteiger partial charge is 0.466 e. The number of amides is 1. The molecule has 0 fully saturated rings. The van der Waals surface area contributed by atoms with E-state index in [0.717, 1.165) is 36.6 Å². The van der Waals surface area contributed by atoms with Crippen molar-refractivity contribution in [1.29, 1.82) is 0 Å². The summed E-state index contributed by atoms with van der Waals surface area (Å²) in [4.78, 5) is 25.6. The Hall–Kier alpha value is -3.37. The second-order valence-corrected chi connectivity index (χ2v) is 11.5. The van der Waals surface area contributed by atoms with Crippen LogP contribution in [0.15, 0.2) is 49.6 Å². The van der Waals surface area contributed by atoms with Crippen LogP contribution in [0, 0.1) is 25.5 Å². The lowest BCUT2D eigenvalue weighted by Gasteiger charge is -2.24. The van der Waals surface area contributed by atoms with Crippen molar-refractivity contribution < 1.29 is 35.7 Å². The van der Waals surface area contributed by atoms with Crippen molar-refractivity contribution in [1.82, 2.24) is 5.32 Å². The van der Waals surface area contributed by atoms with E-state index in [0.29, 0.717) is 17.5 Å². The lowest BCUT2D eigenvalue weighted by Crippen LogP contribution is -2.40. The van der Waals surface area contributed by atoms with Gasteiger partial charge in [-0.05, 0) is 98.5 Å². The lowest BCUT2D eigenvalue weighted by molar-refractivity contribution is -0.144. The van der Waals surface area contributed by atoms with E-state index in [1.807, 2.05) is 6.08 Å². The molecule has 0 bridgehead atoms. The van der Waals surface area contributed by atoms with Gasteiger partial charge >= 0.3 is 5.97 Å². The van der Waals surface area contributed by atoms with Gasteiger partial charge in [0.1, 0.15) is 11.6 Å². The maximum Gasteiger partial charge on any atom is 0.308 e. The topological polar surface area (TPSA) is 98.8 Å². The first-order chi connectivity index (χ1) is 19.3. The number of aryl methyl sites for hydroxylation is 3. The van der Waals surface area contributed by atoms with E-state index in [1.54, 1.807) is 26.8 Å². The van der Waals surface area contributed by atoms with Crippen LogP contribution in [-0.4, -0.2) is 39.3 Å². The zero-order valence-electron chi connectivity index (χ0n) is 24.1. The number of hydrogen-bond donors (Lipinski definition) is 1. The van der Waals surface area contributed by atoms with Gasteiger partial charge in [-0.1, -0.05) is 12.2 Å². The molecule has 2 aromatic rings. The number of hydrogen-bond acceptors (Lipinski definition) is 6. The van der Waals surface area contributed by atoms with E-state index in [9.17, 15) is 22.4 Å². The van der Waals surface area contributed by atoms with E-state index in [4.69, 9.17) is 8.92 Å². The Balaban J connectivity index is 2.63. The molecule has 2 rings (SSSR count). The first-order valence-corrected chi connectivity index (χ1v) is 15.3. The van der Waals surface area contributed by atoms with Crippen molar-refractivity contribution in [3.8, 4) is 11.1 Å². The van der Waals surface area contributed by atoms with Crippen molar-refractivity contribution in [2.75, 3.05) is 12.9 Å². The molecule has 0 aliphatic rings. The average Bonchev–Trinajstić information content (AvgIpc) is 2.86. The summed E-state index contributed by atoms with van der Waals surface area (Å²) in [5, 5.41) is 2.58. The Morgan fingerprint density at radius 2 is 1.76 bits per heavy atom. The highest BCUT2D eigenvalue weighted by molar-refractivity contribution is 7.86. The van der Waals surface area contributed by atoms with Crippen LogP contribution in [0.3, 0.4) is 0 Å². The number of halogens is 2. The van der Waals surface area contributed by atoms with Gasteiger partial charge in [0.25, 0.3) is 16.0 Å². The molecule has 1 amide bonds. The standard InChI is InChI=1S/C31H39F2NO6S/c1-7-10-11-12-14-22-17-24(32)16-20(4)29(22)23-15-21(5)30(33)25(18-23)26(19-28(35)39-9-3)34-31(36)27(13-8-2)40-41(6,37)38/h7-8,15-18,26-27H,1-2,9-14,19H2,3-6H3,(H,34,36)/t26-,27+/m0/s1. The molecular formula is C31H39F2NO6S. The van der Waals surface area contributed by atoms with E-state index >= 15 is 4.39 Å². The third kappa shape index (κ3) is 10.2. The number of ether oxygens (including phenoxy) is 1. The fourth-order valence-electron chi connectivity index (χ4n) is 4.66. The molecule has 0 heterocycles. The average molecular weight is 592 g/mol. The van der Waals surface area contributed by atoms with Crippen LogP contribution in [0.25, 0.3) is 11.1 Å². The Kier molecular flexibility index (Phi) is 12.9. The van der Waals surface area contributed by atoms with Gasteiger partial charge in [-0.15, -0.1) is 13.2 Å². The molecule has 0 spiro atoms. The molecule has 224 valence electrons. The lowest BCUT2D eigenvalue weighted by atomic mass is 9.88. The van der Waals surface area contributed by atoms with Crippen LogP contribution in [0.5, 0.6) is 0 Å². The zero-order valence-corrected chi connectivity index (χ0v) is 24.9. The van der Waals surface area contributed by atoms with Crippen LogP contribution in [0.4, 0.5) is 8.78 Å². The third-order valence-corrected chi connectivity index (χ3v) is 6.97. The molecule has 1 N–H and O–H groups in total. The Morgan fingerprint density at radius 1 is 1.05 bits per heavy atom. The molecule has 2 aromatic carbocycles. The number of rotatable bonds is 16. The number of carbonyl (C=O) groups is 2. The van der Waals surface area contributed by atoms with E-state index < -0.39 is 46.4 Å². The fraction of sp³-hybridized carbons (Fsp3) is 0.419. The minimum Gasteiger partial charge on any atom is -0.466 e. The van der Waals surface area contributed by atoms with Gasteiger partial charge in [-0.2, -0.15) is 8.42 Å². The summed E-state index contributed by atoms with van der Waals surface area (Å²) in [6.45, 7) is 12.3. The fourth-order valence-corrected chi connectivity index (χ4v) is 5.25. The minimum absolute atomic E-state index is 0.000515. The normalized spacial score (nSPS) is 12.8. The number of nitrogens with one attached hydrogen (secondary N) is 1. The molecule has 0 saturated heterocycles. The molecule has 2 atom stereocenters. The molecule has 0 aliphatic heterocycles. The van der Waals surface area contributed by atoms with Crippen molar-refractivity contribution in [2.45, 2.75) is 71.4 Å². The maximum atomic E-state index is 15.7. The van der Waals surface area contributed by atoms with Gasteiger partial charge in [0.2, 0.25) is 0 Å². The van der Waals surface area contributed by atoms with E-state index in [1.165, 1.54) is 24.3 Å². The second kappa shape index (κ2) is 15.6. The monoisotopic (exact) mass is 591 g/mol. The molecule has 0 aromatic heterocycles. The molecule has 0 saturated carbocycles. The van der Waals surface area contributed by atoms with Crippen molar-refractivity contribution >= 4 is 22.0 Å². The maximum absolute atomic E-state index is 15.7. The first kappa shape index (κ1) is 33.8. The quantitative estimate of drug-likeness (QED) is 0.108. The number of esters is 1. The highest BCUT2D eigenvalue weighted by atomic mass is 32.2. The summed E-state index contributed by atoms with van der Waals surface area (Å²) in [5.74, 6) is -2.59. The van der Waals surface area contributed by atoms with Gasteiger partial charge in [0, 0.05) is 12.0 Å². The summed E-state index contributed by atoms with van der Waals surface area (Å²) in [5.41, 5.74) is 2.98. The van der Waals surface area contributed by atoms with Gasteiger partial charge in [0.05, 0.1) is 25.3 Å². The summed E-state index contributed by atoms with van der Waals surface area (Å²) >= 11 is 0. The van der Waals surface area contributed by atoms with Crippen molar-refractivity contribution in [3.63, 3.8) is 0 Å². The van der Waals surface area contributed by atoms with E-state index in [2.05, 4.69) is 18.5 Å². The summed E-state index contributed by atoms with van der Waals surface area (Å²) < 4.78 is 63.6. The second-order valence-electron chi connectivity index (χ2n) is 9.87. The highest BCUT2D eigenvalue weighted by Crippen LogP contribution is 2.35. The molecule has 41 heavy (non-hydrogen) atoms. The molecule has 0 aliphatic carbocycles. The Morgan fingerprint density at radius 3 is 2.37 bits per heavy atom. The summed E-state index contributed by atoms with van der Waals surface area (Å²) in [7, 11) is -4.02. The SMILES string of the molecule is C=CCCCCc1cc(F)cc(C)c1-c1cc(C)c(F)c([C@H](CC(=O)OCC)NC(=O)[C@@H](CC=C)OS(C)(=O)=O)c1. The number of benzene rings is 2. The predicted molar refractivity (Wildman–Crippen MR) is 156 cm³/mol. The van der Waals surface area contributed by atoms with Crippen LogP contribution in [0.1, 0.15) is 67.3 Å². The minimum atomic E-state index is -4.02. The summed E-state index contributed by atoms with van der Waals surface area (Å²) in [6, 6.07) is 4.83. The van der Waals surface area contributed by atoms with Crippen LogP contribution < -0.4 is 5.32 Å². The first-order valence-electron chi connectivity index (χ1n) is 13.5. The Labute approximate surface area is 241 Å². The molecule has 7 nitrogen and oxygen atoms in total. The van der Waals surface area contributed by atoms with Gasteiger partial charge in [0.15, 0.2) is 6.10 Å². The number of allylic oxidation sites excluding steroid dienone is 1. The number of unbranched alkanes of at least 4 members (excludes halogenated alkanes) is 2. The molecule has 0 unspecified atom stereocenters. The molecule has 10 heteroatoms. The molecule has 0 radical (unpaired) electrons. The Bertz CT molecular complexity index is 1370. The van der Waals surface area contributed by atoms with Crippen LogP contribution >= 0.6 is 0 Å². The van der Waals surface area contributed by atoms with Crippen molar-refractivity contribution in [3.05, 3.63) is 83.5 Å². The van der Waals surface area contributed by atoms with E-state index in [-0.39, 0.29) is 30.0 Å². The zero-order chi connectivity index (χ0) is 30.7. The third-order valence-electron chi connectivity index (χ3n) is 6.39. The van der Waals surface area contributed by atoms with Gasteiger partial charge < -0.3 is 10.1 Å². The molecular weight excluding hydrogens is 552 g/mol. The number of carbonyl (C=O) groups excluding carboxylic acids is 2. The summed E-state index contributed by atoms with van der Waals surface area (Å²) in [6.07, 6.45) is 4.99. The van der Waals surface area contributed by atoms with Crippen molar-refractivity contribution in [2.24, 2.45) is 0 Å². The smallest absolute Gasteiger partial charge is 0.308 e. The van der Waals surface area contributed by atoms with Crippen LogP contribution in [-0.2, 0) is 35.0 Å².